The molecular weight excluding hydrogens is 434 g/mol. The van der Waals surface area contributed by atoms with Gasteiger partial charge in [0.2, 0.25) is 16.0 Å². The largest absolute Gasteiger partial charge is 0.378 e. The summed E-state index contributed by atoms with van der Waals surface area (Å²) >= 11 is 1.64. The molecule has 0 radical (unpaired) electrons. The van der Waals surface area contributed by atoms with Crippen molar-refractivity contribution in [3.63, 3.8) is 0 Å². The van der Waals surface area contributed by atoms with Gasteiger partial charge in [-0.2, -0.15) is 0 Å². The van der Waals surface area contributed by atoms with Crippen LogP contribution in [0, 0.1) is 12.8 Å². The number of amides is 1. The van der Waals surface area contributed by atoms with Crippen molar-refractivity contribution in [3.8, 4) is 11.3 Å². The SMILES string of the molecule is Cc1c(-c2ccc(N(C)C)cc2)nc2sc(N3CCC(C(=O)N4CCN(C)CC4)CC3)nn12. The van der Waals surface area contributed by atoms with E-state index in [-0.39, 0.29) is 5.92 Å². The van der Waals surface area contributed by atoms with Crippen molar-refractivity contribution in [1.29, 1.82) is 0 Å². The fraction of sp³-hybridized carbons (Fsp3) is 0.542. The van der Waals surface area contributed by atoms with Crippen molar-refractivity contribution in [3.05, 3.63) is 30.0 Å². The van der Waals surface area contributed by atoms with Crippen LogP contribution in [-0.2, 0) is 4.79 Å². The van der Waals surface area contributed by atoms with Crippen LogP contribution >= 0.6 is 11.3 Å². The summed E-state index contributed by atoms with van der Waals surface area (Å²) in [6.45, 7) is 7.50. The number of anilines is 2. The number of carbonyl (C=O) groups excluding carboxylic acids is 1. The summed E-state index contributed by atoms with van der Waals surface area (Å²) in [6.07, 6.45) is 1.80. The Morgan fingerprint density at radius 1 is 1.03 bits per heavy atom. The Kier molecular flexibility index (Phi) is 6.01. The van der Waals surface area contributed by atoms with E-state index in [0.717, 1.165) is 79.2 Å². The number of carbonyl (C=O) groups is 1. The van der Waals surface area contributed by atoms with Crippen LogP contribution in [0.5, 0.6) is 0 Å². The standard InChI is InChI=1S/C24H33N7OS/c1-17-21(18-5-7-20(8-6-18)27(2)3)25-23-31(17)26-24(33-23)30-11-9-19(10-12-30)22(32)29-15-13-28(4)14-16-29/h5-8,19H,9-16H2,1-4H3. The summed E-state index contributed by atoms with van der Waals surface area (Å²) in [5.74, 6) is 0.490. The van der Waals surface area contributed by atoms with Crippen molar-refractivity contribution in [2.45, 2.75) is 19.8 Å². The molecule has 0 spiro atoms. The first-order valence-electron chi connectivity index (χ1n) is 11.8. The molecule has 0 aliphatic carbocycles. The van der Waals surface area contributed by atoms with Gasteiger partial charge in [0.25, 0.3) is 0 Å². The first-order valence-corrected chi connectivity index (χ1v) is 12.6. The third-order valence-corrected chi connectivity index (χ3v) is 7.97. The second kappa shape index (κ2) is 8.95. The van der Waals surface area contributed by atoms with Crippen LogP contribution in [-0.4, -0.2) is 90.7 Å². The highest BCUT2D eigenvalue weighted by molar-refractivity contribution is 7.20. The second-order valence-electron chi connectivity index (χ2n) is 9.46. The average Bonchev–Trinajstić information content (AvgIpc) is 3.39. The van der Waals surface area contributed by atoms with E-state index in [0.29, 0.717) is 5.91 Å². The molecule has 2 aromatic heterocycles. The molecule has 0 atom stereocenters. The molecule has 2 aliphatic heterocycles. The van der Waals surface area contributed by atoms with Crippen molar-refractivity contribution >= 4 is 33.0 Å². The van der Waals surface area contributed by atoms with Crippen LogP contribution in [0.15, 0.2) is 24.3 Å². The number of rotatable bonds is 4. The number of hydrogen-bond acceptors (Lipinski definition) is 7. The van der Waals surface area contributed by atoms with Crippen molar-refractivity contribution in [1.82, 2.24) is 24.4 Å². The molecule has 0 N–H and O–H groups in total. The summed E-state index contributed by atoms with van der Waals surface area (Å²) < 4.78 is 1.97. The molecule has 2 saturated heterocycles. The van der Waals surface area contributed by atoms with Gasteiger partial charge in [-0.05, 0) is 38.9 Å². The van der Waals surface area contributed by atoms with E-state index in [4.69, 9.17) is 10.1 Å². The summed E-state index contributed by atoms with van der Waals surface area (Å²) in [5.41, 5.74) is 4.33. The zero-order valence-corrected chi connectivity index (χ0v) is 20.8. The fourth-order valence-electron chi connectivity index (χ4n) is 4.76. The lowest BCUT2D eigenvalue weighted by atomic mass is 9.95. The van der Waals surface area contributed by atoms with Crippen LogP contribution in [0.2, 0.25) is 0 Å². The van der Waals surface area contributed by atoms with E-state index in [1.807, 2.05) is 18.6 Å². The lowest BCUT2D eigenvalue weighted by Gasteiger charge is -2.37. The zero-order valence-electron chi connectivity index (χ0n) is 20.0. The van der Waals surface area contributed by atoms with Crippen LogP contribution < -0.4 is 9.80 Å². The smallest absolute Gasteiger partial charge is 0.225 e. The molecule has 4 heterocycles. The van der Waals surface area contributed by atoms with Crippen LogP contribution in [0.3, 0.4) is 0 Å². The Morgan fingerprint density at radius 3 is 2.30 bits per heavy atom. The number of piperidine rings is 1. The molecule has 8 nitrogen and oxygen atoms in total. The van der Waals surface area contributed by atoms with Gasteiger partial charge in [0.1, 0.15) is 0 Å². The number of nitrogens with zero attached hydrogens (tertiary/aromatic N) is 7. The average molecular weight is 468 g/mol. The Labute approximate surface area is 199 Å². The molecule has 5 rings (SSSR count). The molecule has 0 bridgehead atoms. The lowest BCUT2D eigenvalue weighted by molar-refractivity contribution is -0.137. The predicted molar refractivity (Wildman–Crippen MR) is 134 cm³/mol. The zero-order chi connectivity index (χ0) is 23.1. The predicted octanol–water partition coefficient (Wildman–Crippen LogP) is 2.82. The van der Waals surface area contributed by atoms with E-state index in [1.165, 1.54) is 5.69 Å². The second-order valence-corrected chi connectivity index (χ2v) is 10.4. The Morgan fingerprint density at radius 2 is 1.70 bits per heavy atom. The topological polar surface area (TPSA) is 60.2 Å². The Balaban J connectivity index is 1.25. The molecule has 2 fully saturated rings. The van der Waals surface area contributed by atoms with E-state index in [1.54, 1.807) is 11.3 Å². The number of piperazine rings is 1. The minimum absolute atomic E-state index is 0.146. The van der Waals surface area contributed by atoms with Crippen LogP contribution in [0.25, 0.3) is 16.2 Å². The number of aromatic nitrogens is 3. The molecule has 1 amide bonds. The highest BCUT2D eigenvalue weighted by Gasteiger charge is 2.31. The Hall–Kier alpha value is -2.65. The molecule has 0 saturated carbocycles. The molecule has 1 aromatic carbocycles. The minimum atomic E-state index is 0.146. The number of hydrogen-bond donors (Lipinski definition) is 0. The number of imidazole rings is 1. The van der Waals surface area contributed by atoms with Gasteiger partial charge in [0.15, 0.2) is 0 Å². The minimum Gasteiger partial charge on any atom is -0.378 e. The summed E-state index contributed by atoms with van der Waals surface area (Å²) in [6, 6.07) is 8.49. The quantitative estimate of drug-likeness (QED) is 0.588. The van der Waals surface area contributed by atoms with Gasteiger partial charge in [0.05, 0.1) is 11.4 Å². The molecule has 2 aliphatic rings. The van der Waals surface area contributed by atoms with Gasteiger partial charge in [-0.3, -0.25) is 4.79 Å². The molecule has 9 heteroatoms. The maximum atomic E-state index is 12.9. The van der Waals surface area contributed by atoms with Crippen molar-refractivity contribution in [2.24, 2.45) is 5.92 Å². The fourth-order valence-corrected chi connectivity index (χ4v) is 5.76. The van der Waals surface area contributed by atoms with E-state index < -0.39 is 0 Å². The first-order chi connectivity index (χ1) is 15.9. The monoisotopic (exact) mass is 467 g/mol. The summed E-state index contributed by atoms with van der Waals surface area (Å²) in [7, 11) is 6.21. The first kappa shape index (κ1) is 22.2. The van der Waals surface area contributed by atoms with Gasteiger partial charge >= 0.3 is 0 Å². The number of benzene rings is 1. The van der Waals surface area contributed by atoms with Gasteiger partial charge in [0, 0.05) is 70.5 Å². The van der Waals surface area contributed by atoms with Crippen LogP contribution in [0.4, 0.5) is 10.8 Å². The van der Waals surface area contributed by atoms with E-state index in [2.05, 4.69) is 57.8 Å². The molecule has 33 heavy (non-hydrogen) atoms. The number of aryl methyl sites for hydroxylation is 1. The van der Waals surface area contributed by atoms with Gasteiger partial charge in [-0.25, -0.2) is 9.50 Å². The van der Waals surface area contributed by atoms with Gasteiger partial charge in [-0.15, -0.1) is 5.10 Å². The number of fused-ring (bicyclic) bond motifs is 1. The van der Waals surface area contributed by atoms with E-state index >= 15 is 0 Å². The highest BCUT2D eigenvalue weighted by atomic mass is 32.1. The van der Waals surface area contributed by atoms with Crippen LogP contribution in [0.1, 0.15) is 18.5 Å². The maximum Gasteiger partial charge on any atom is 0.225 e. The normalized spacial score (nSPS) is 18.3. The third-order valence-electron chi connectivity index (χ3n) is 7.00. The third kappa shape index (κ3) is 4.31. The molecule has 0 unspecified atom stereocenters. The molecule has 176 valence electrons. The van der Waals surface area contributed by atoms with Crippen molar-refractivity contribution < 1.29 is 4.79 Å². The molecular formula is C24H33N7OS. The lowest BCUT2D eigenvalue weighted by Crippen LogP contribution is -2.50. The number of likely N-dealkylation sites (N-methyl/N-ethyl adjacent to an activating group) is 1. The van der Waals surface area contributed by atoms with Gasteiger partial charge in [-0.1, -0.05) is 23.5 Å². The summed E-state index contributed by atoms with van der Waals surface area (Å²) in [4.78, 5) is 27.5. The Bertz CT molecular complexity index is 1120. The maximum absolute atomic E-state index is 12.9. The van der Waals surface area contributed by atoms with Gasteiger partial charge < -0.3 is 19.6 Å². The highest BCUT2D eigenvalue weighted by Crippen LogP contribution is 2.32. The van der Waals surface area contributed by atoms with E-state index in [9.17, 15) is 4.79 Å². The van der Waals surface area contributed by atoms with Crippen molar-refractivity contribution in [2.75, 3.05) is 70.2 Å². The molecule has 3 aromatic rings. The summed E-state index contributed by atoms with van der Waals surface area (Å²) in [5, 5.41) is 5.89.